The number of nitrogens with one attached hydrogen (secondary N) is 2. The quantitative estimate of drug-likeness (QED) is 0.880. The van der Waals surface area contributed by atoms with Gasteiger partial charge in [-0.25, -0.2) is 4.39 Å². The number of benzene rings is 1. The van der Waals surface area contributed by atoms with Crippen molar-refractivity contribution in [1.82, 2.24) is 10.2 Å². The SMILES string of the molecule is CNC(=O)C1(Nc2cccc(F)c2)CCN(C(=O)c2cccs2)CC1. The van der Waals surface area contributed by atoms with Crippen molar-refractivity contribution in [2.75, 3.05) is 25.5 Å². The zero-order valence-electron chi connectivity index (χ0n) is 13.9. The molecule has 132 valence electrons. The minimum atomic E-state index is -0.852. The van der Waals surface area contributed by atoms with Crippen LogP contribution in [-0.4, -0.2) is 42.4 Å². The smallest absolute Gasteiger partial charge is 0.263 e. The van der Waals surface area contributed by atoms with E-state index in [0.717, 1.165) is 0 Å². The molecule has 0 bridgehead atoms. The van der Waals surface area contributed by atoms with Crippen molar-refractivity contribution >= 4 is 28.8 Å². The number of likely N-dealkylation sites (tertiary alicyclic amines) is 1. The summed E-state index contributed by atoms with van der Waals surface area (Å²) >= 11 is 1.41. The van der Waals surface area contributed by atoms with Gasteiger partial charge in [-0.05, 0) is 42.5 Å². The first kappa shape index (κ1) is 17.4. The van der Waals surface area contributed by atoms with Crippen LogP contribution in [0.25, 0.3) is 0 Å². The van der Waals surface area contributed by atoms with Crippen LogP contribution < -0.4 is 10.6 Å². The molecule has 0 unspecified atom stereocenters. The lowest BCUT2D eigenvalue weighted by molar-refractivity contribution is -0.126. The molecule has 2 aromatic rings. The van der Waals surface area contributed by atoms with Gasteiger partial charge in [0.05, 0.1) is 4.88 Å². The normalized spacial score (nSPS) is 16.3. The number of rotatable bonds is 4. The van der Waals surface area contributed by atoms with Gasteiger partial charge in [-0.15, -0.1) is 11.3 Å². The first-order chi connectivity index (χ1) is 12.0. The summed E-state index contributed by atoms with van der Waals surface area (Å²) in [6.45, 7) is 0.930. The summed E-state index contributed by atoms with van der Waals surface area (Å²) in [6.07, 6.45) is 0.917. The molecule has 25 heavy (non-hydrogen) atoms. The van der Waals surface area contributed by atoms with Crippen LogP contribution in [0.1, 0.15) is 22.5 Å². The van der Waals surface area contributed by atoms with E-state index >= 15 is 0 Å². The number of carbonyl (C=O) groups is 2. The Kier molecular flexibility index (Phi) is 5.03. The Labute approximate surface area is 149 Å². The van der Waals surface area contributed by atoms with Crippen molar-refractivity contribution in [3.05, 3.63) is 52.5 Å². The fourth-order valence-electron chi connectivity index (χ4n) is 3.14. The minimum absolute atomic E-state index is 0.00809. The Morgan fingerprint density at radius 1 is 1.20 bits per heavy atom. The molecular weight excluding hydrogens is 341 g/mol. The fraction of sp³-hybridized carbons (Fsp3) is 0.333. The number of anilines is 1. The first-order valence-electron chi connectivity index (χ1n) is 8.13. The van der Waals surface area contributed by atoms with Crippen LogP contribution in [0.5, 0.6) is 0 Å². The van der Waals surface area contributed by atoms with Gasteiger partial charge in [0.25, 0.3) is 5.91 Å². The highest BCUT2D eigenvalue weighted by Crippen LogP contribution is 2.29. The van der Waals surface area contributed by atoms with Crippen molar-refractivity contribution in [3.8, 4) is 0 Å². The summed E-state index contributed by atoms with van der Waals surface area (Å²) in [5, 5.41) is 7.75. The Hall–Kier alpha value is -2.41. The van der Waals surface area contributed by atoms with Gasteiger partial charge in [-0.3, -0.25) is 9.59 Å². The van der Waals surface area contributed by atoms with Gasteiger partial charge in [-0.2, -0.15) is 0 Å². The number of hydrogen-bond donors (Lipinski definition) is 2. The fourth-order valence-corrected chi connectivity index (χ4v) is 3.83. The molecule has 0 atom stereocenters. The molecule has 2 heterocycles. The summed E-state index contributed by atoms with van der Waals surface area (Å²) in [4.78, 5) is 27.5. The second-order valence-corrected chi connectivity index (χ2v) is 7.01. The third kappa shape index (κ3) is 3.66. The lowest BCUT2D eigenvalue weighted by atomic mass is 9.86. The molecule has 1 aliphatic heterocycles. The van der Waals surface area contributed by atoms with Crippen molar-refractivity contribution in [3.63, 3.8) is 0 Å². The number of likely N-dealkylation sites (N-methyl/N-ethyl adjacent to an activating group) is 1. The van der Waals surface area contributed by atoms with Crippen LogP contribution in [-0.2, 0) is 4.79 Å². The lowest BCUT2D eigenvalue weighted by Gasteiger charge is -2.41. The van der Waals surface area contributed by atoms with Crippen LogP contribution in [0.2, 0.25) is 0 Å². The Bertz CT molecular complexity index is 755. The second kappa shape index (κ2) is 7.23. The Morgan fingerprint density at radius 2 is 1.96 bits per heavy atom. The van der Waals surface area contributed by atoms with Crippen molar-refractivity contribution in [1.29, 1.82) is 0 Å². The minimum Gasteiger partial charge on any atom is -0.371 e. The number of thiophene rings is 1. The number of hydrogen-bond acceptors (Lipinski definition) is 4. The molecule has 0 radical (unpaired) electrons. The zero-order chi connectivity index (χ0) is 17.9. The van der Waals surface area contributed by atoms with E-state index in [4.69, 9.17) is 0 Å². The largest absolute Gasteiger partial charge is 0.371 e. The molecule has 2 amide bonds. The van der Waals surface area contributed by atoms with Gasteiger partial charge in [0.15, 0.2) is 0 Å². The van der Waals surface area contributed by atoms with Crippen LogP contribution in [0.4, 0.5) is 10.1 Å². The molecule has 1 aromatic carbocycles. The van der Waals surface area contributed by atoms with E-state index in [1.54, 1.807) is 30.1 Å². The molecular formula is C18H20FN3O2S. The number of nitrogens with zero attached hydrogens (tertiary/aromatic N) is 1. The molecule has 7 heteroatoms. The highest BCUT2D eigenvalue weighted by molar-refractivity contribution is 7.12. The van der Waals surface area contributed by atoms with Gasteiger partial charge < -0.3 is 15.5 Å². The zero-order valence-corrected chi connectivity index (χ0v) is 14.7. The van der Waals surface area contributed by atoms with Gasteiger partial charge in [-0.1, -0.05) is 12.1 Å². The Balaban J connectivity index is 1.75. The van der Waals surface area contributed by atoms with Crippen molar-refractivity contribution in [2.24, 2.45) is 0 Å². The third-order valence-electron chi connectivity index (χ3n) is 4.51. The molecule has 1 aromatic heterocycles. The van der Waals surface area contributed by atoms with Crippen LogP contribution in [0, 0.1) is 5.82 Å². The molecule has 0 saturated carbocycles. The number of carbonyl (C=O) groups excluding carboxylic acids is 2. The standard InChI is InChI=1S/C18H20FN3O2S/c1-20-17(24)18(21-14-5-2-4-13(19)12-14)7-9-22(10-8-18)16(23)15-6-3-11-25-15/h2-6,11-12,21H,7-10H2,1H3,(H,20,24). The summed E-state index contributed by atoms with van der Waals surface area (Å²) in [5.74, 6) is -0.520. The van der Waals surface area contributed by atoms with Crippen LogP contribution in [0.3, 0.4) is 0 Å². The molecule has 1 saturated heterocycles. The maximum Gasteiger partial charge on any atom is 0.263 e. The number of halogens is 1. The Morgan fingerprint density at radius 3 is 2.56 bits per heavy atom. The van der Waals surface area contributed by atoms with E-state index in [1.807, 2.05) is 11.4 Å². The second-order valence-electron chi connectivity index (χ2n) is 6.07. The molecule has 2 N–H and O–H groups in total. The third-order valence-corrected chi connectivity index (χ3v) is 5.36. The topological polar surface area (TPSA) is 61.4 Å². The number of piperidine rings is 1. The molecule has 1 fully saturated rings. The van der Waals surface area contributed by atoms with Crippen molar-refractivity contribution in [2.45, 2.75) is 18.4 Å². The average molecular weight is 361 g/mol. The number of amides is 2. The predicted molar refractivity (Wildman–Crippen MR) is 96.3 cm³/mol. The summed E-state index contributed by atoms with van der Waals surface area (Å²) in [7, 11) is 1.58. The summed E-state index contributed by atoms with van der Waals surface area (Å²) in [6, 6.07) is 9.72. The summed E-state index contributed by atoms with van der Waals surface area (Å²) in [5.41, 5.74) is -0.295. The predicted octanol–water partition coefficient (Wildman–Crippen LogP) is 2.72. The van der Waals surface area contributed by atoms with Gasteiger partial charge >= 0.3 is 0 Å². The highest BCUT2D eigenvalue weighted by atomic mass is 32.1. The maximum absolute atomic E-state index is 13.5. The maximum atomic E-state index is 13.5. The molecule has 5 nitrogen and oxygen atoms in total. The van der Waals surface area contributed by atoms with Crippen LogP contribution in [0.15, 0.2) is 41.8 Å². The van der Waals surface area contributed by atoms with E-state index in [1.165, 1.54) is 23.5 Å². The molecule has 0 aliphatic carbocycles. The van der Waals surface area contributed by atoms with Crippen LogP contribution >= 0.6 is 11.3 Å². The van der Waals surface area contributed by atoms with Gasteiger partial charge in [0, 0.05) is 25.8 Å². The van der Waals surface area contributed by atoms with E-state index in [2.05, 4.69) is 10.6 Å². The van der Waals surface area contributed by atoms with E-state index < -0.39 is 5.54 Å². The van der Waals surface area contributed by atoms with E-state index in [-0.39, 0.29) is 17.6 Å². The molecule has 0 spiro atoms. The monoisotopic (exact) mass is 361 g/mol. The van der Waals surface area contributed by atoms with E-state index in [0.29, 0.717) is 36.5 Å². The van der Waals surface area contributed by atoms with Gasteiger partial charge in [0.2, 0.25) is 5.91 Å². The lowest BCUT2D eigenvalue weighted by Crippen LogP contribution is -2.58. The summed E-state index contributed by atoms with van der Waals surface area (Å²) < 4.78 is 13.5. The molecule has 1 aliphatic rings. The average Bonchev–Trinajstić information content (AvgIpc) is 3.15. The van der Waals surface area contributed by atoms with Crippen molar-refractivity contribution < 1.29 is 14.0 Å². The molecule has 3 rings (SSSR count). The van der Waals surface area contributed by atoms with E-state index in [9.17, 15) is 14.0 Å². The first-order valence-corrected chi connectivity index (χ1v) is 9.01. The van der Waals surface area contributed by atoms with Gasteiger partial charge in [0.1, 0.15) is 11.4 Å². The highest BCUT2D eigenvalue weighted by Gasteiger charge is 2.42.